The van der Waals surface area contributed by atoms with Crippen molar-refractivity contribution in [3.8, 4) is 0 Å². The standard InChI is InChI=1S/C12H13BrN4O3S/c1-7-12(17(19)20)8(2)16(15-7)5-11(18)14-4-10-3-9(13)6-21-10/h3,6H,4-5H2,1-2H3,(H,14,18). The molecule has 0 radical (unpaired) electrons. The maximum Gasteiger partial charge on any atom is 0.312 e. The number of amides is 1. The van der Waals surface area contributed by atoms with E-state index in [1.165, 1.54) is 16.0 Å². The van der Waals surface area contributed by atoms with Crippen molar-refractivity contribution >= 4 is 38.9 Å². The minimum absolute atomic E-state index is 0.0347. The molecule has 7 nitrogen and oxygen atoms in total. The van der Waals surface area contributed by atoms with E-state index in [1.807, 2.05) is 11.4 Å². The van der Waals surface area contributed by atoms with Gasteiger partial charge in [-0.1, -0.05) is 0 Å². The molecule has 2 heterocycles. The van der Waals surface area contributed by atoms with Gasteiger partial charge in [0, 0.05) is 14.7 Å². The van der Waals surface area contributed by atoms with Crippen LogP contribution in [-0.4, -0.2) is 20.6 Å². The van der Waals surface area contributed by atoms with Crippen LogP contribution in [0.15, 0.2) is 15.9 Å². The van der Waals surface area contributed by atoms with Crippen LogP contribution in [0.3, 0.4) is 0 Å². The van der Waals surface area contributed by atoms with Crippen molar-refractivity contribution in [1.82, 2.24) is 15.1 Å². The fourth-order valence-corrected chi connectivity index (χ4v) is 3.32. The lowest BCUT2D eigenvalue weighted by atomic mass is 10.3. The molecule has 0 aromatic carbocycles. The zero-order valence-electron chi connectivity index (χ0n) is 11.4. The van der Waals surface area contributed by atoms with Gasteiger partial charge in [0.2, 0.25) is 5.91 Å². The molecule has 0 fully saturated rings. The van der Waals surface area contributed by atoms with Gasteiger partial charge in [-0.3, -0.25) is 19.6 Å². The lowest BCUT2D eigenvalue weighted by Crippen LogP contribution is -2.27. The second kappa shape index (κ2) is 6.35. The summed E-state index contributed by atoms with van der Waals surface area (Å²) in [6.45, 7) is 3.54. The summed E-state index contributed by atoms with van der Waals surface area (Å²) in [6.07, 6.45) is 0. The van der Waals surface area contributed by atoms with Crippen LogP contribution < -0.4 is 5.32 Å². The highest BCUT2D eigenvalue weighted by Gasteiger charge is 2.22. The van der Waals surface area contributed by atoms with Gasteiger partial charge >= 0.3 is 5.69 Å². The molecule has 0 saturated carbocycles. The predicted molar refractivity (Wildman–Crippen MR) is 82.2 cm³/mol. The molecule has 0 atom stereocenters. The first-order chi connectivity index (χ1) is 9.88. The molecule has 0 saturated heterocycles. The van der Waals surface area contributed by atoms with Crippen LogP contribution in [0.1, 0.15) is 16.3 Å². The third kappa shape index (κ3) is 3.67. The number of aryl methyl sites for hydroxylation is 1. The van der Waals surface area contributed by atoms with Crippen LogP contribution >= 0.6 is 27.3 Å². The quantitative estimate of drug-likeness (QED) is 0.644. The Hall–Kier alpha value is -1.74. The summed E-state index contributed by atoms with van der Waals surface area (Å²) in [6, 6.07) is 1.93. The molecule has 2 aromatic rings. The molecule has 0 spiro atoms. The van der Waals surface area contributed by atoms with E-state index in [4.69, 9.17) is 0 Å². The Labute approximate surface area is 133 Å². The molecule has 0 bridgehead atoms. The van der Waals surface area contributed by atoms with Crippen LogP contribution in [0.5, 0.6) is 0 Å². The second-order valence-electron chi connectivity index (χ2n) is 4.44. The predicted octanol–water partition coefficient (Wildman–Crippen LogP) is 2.55. The second-order valence-corrected chi connectivity index (χ2v) is 6.35. The van der Waals surface area contributed by atoms with Gasteiger partial charge in [-0.15, -0.1) is 11.3 Å². The van der Waals surface area contributed by atoms with Gasteiger partial charge in [-0.2, -0.15) is 5.10 Å². The van der Waals surface area contributed by atoms with Crippen molar-refractivity contribution in [1.29, 1.82) is 0 Å². The van der Waals surface area contributed by atoms with Crippen LogP contribution in [0, 0.1) is 24.0 Å². The number of nitrogens with one attached hydrogen (secondary N) is 1. The van der Waals surface area contributed by atoms with E-state index in [0.717, 1.165) is 9.35 Å². The Morgan fingerprint density at radius 3 is 2.81 bits per heavy atom. The molecule has 112 valence electrons. The average molecular weight is 373 g/mol. The van der Waals surface area contributed by atoms with E-state index in [1.54, 1.807) is 13.8 Å². The number of thiophene rings is 1. The first-order valence-electron chi connectivity index (χ1n) is 6.06. The van der Waals surface area contributed by atoms with Crippen LogP contribution in [0.2, 0.25) is 0 Å². The Morgan fingerprint density at radius 1 is 1.57 bits per heavy atom. The van der Waals surface area contributed by atoms with Gasteiger partial charge in [-0.05, 0) is 35.8 Å². The smallest absolute Gasteiger partial charge is 0.312 e. The third-order valence-electron chi connectivity index (χ3n) is 2.90. The van der Waals surface area contributed by atoms with Crippen molar-refractivity contribution in [2.45, 2.75) is 26.9 Å². The maximum absolute atomic E-state index is 11.9. The zero-order valence-corrected chi connectivity index (χ0v) is 13.8. The van der Waals surface area contributed by atoms with Gasteiger partial charge in [0.1, 0.15) is 17.9 Å². The number of rotatable bonds is 5. The largest absolute Gasteiger partial charge is 0.350 e. The Morgan fingerprint density at radius 2 is 2.29 bits per heavy atom. The fourth-order valence-electron chi connectivity index (χ4n) is 1.93. The Balaban J connectivity index is 2.00. The van der Waals surface area contributed by atoms with E-state index in [-0.39, 0.29) is 18.1 Å². The number of carbonyl (C=O) groups is 1. The molecule has 0 aliphatic rings. The minimum Gasteiger partial charge on any atom is -0.350 e. The van der Waals surface area contributed by atoms with E-state index in [9.17, 15) is 14.9 Å². The van der Waals surface area contributed by atoms with Crippen molar-refractivity contribution in [2.24, 2.45) is 0 Å². The normalized spacial score (nSPS) is 10.6. The number of nitro groups is 1. The maximum atomic E-state index is 11.9. The van der Waals surface area contributed by atoms with Crippen LogP contribution in [0.4, 0.5) is 5.69 Å². The van der Waals surface area contributed by atoms with E-state index < -0.39 is 4.92 Å². The van der Waals surface area contributed by atoms with Gasteiger partial charge in [0.05, 0.1) is 11.5 Å². The monoisotopic (exact) mass is 372 g/mol. The SMILES string of the molecule is Cc1nn(CC(=O)NCc2cc(Br)cs2)c(C)c1[N+](=O)[O-]. The van der Waals surface area contributed by atoms with Gasteiger partial charge in [0.15, 0.2) is 0 Å². The van der Waals surface area contributed by atoms with Crippen molar-refractivity contribution in [3.63, 3.8) is 0 Å². The van der Waals surface area contributed by atoms with Crippen molar-refractivity contribution in [2.75, 3.05) is 0 Å². The topological polar surface area (TPSA) is 90.1 Å². The van der Waals surface area contributed by atoms with E-state index in [2.05, 4.69) is 26.3 Å². The summed E-state index contributed by atoms with van der Waals surface area (Å²) < 4.78 is 2.33. The lowest BCUT2D eigenvalue weighted by molar-refractivity contribution is -0.386. The molecule has 21 heavy (non-hydrogen) atoms. The molecule has 0 aliphatic heterocycles. The number of carbonyl (C=O) groups excluding carboxylic acids is 1. The zero-order chi connectivity index (χ0) is 15.6. The fraction of sp³-hybridized carbons (Fsp3) is 0.333. The minimum atomic E-state index is -0.477. The first kappa shape index (κ1) is 15.6. The summed E-state index contributed by atoms with van der Waals surface area (Å²) >= 11 is 4.88. The molecule has 1 amide bonds. The summed E-state index contributed by atoms with van der Waals surface area (Å²) in [7, 11) is 0. The van der Waals surface area contributed by atoms with Crippen LogP contribution in [-0.2, 0) is 17.9 Å². The molecule has 9 heteroatoms. The molecule has 1 N–H and O–H groups in total. The highest BCUT2D eigenvalue weighted by molar-refractivity contribution is 9.10. The van der Waals surface area contributed by atoms with Crippen molar-refractivity contribution < 1.29 is 9.72 Å². The number of hydrogen-bond acceptors (Lipinski definition) is 5. The Bertz CT molecular complexity index is 695. The van der Waals surface area contributed by atoms with E-state index in [0.29, 0.717) is 17.9 Å². The third-order valence-corrected chi connectivity index (χ3v) is 4.60. The summed E-state index contributed by atoms with van der Waals surface area (Å²) in [4.78, 5) is 23.3. The number of nitrogens with zero attached hydrogens (tertiary/aromatic N) is 3. The molecule has 0 aliphatic carbocycles. The van der Waals surface area contributed by atoms with Gasteiger partial charge in [-0.25, -0.2) is 0 Å². The molecular formula is C12H13BrN4O3S. The number of halogens is 1. The molecule has 0 unspecified atom stereocenters. The van der Waals surface area contributed by atoms with Gasteiger partial charge < -0.3 is 5.32 Å². The average Bonchev–Trinajstić information content (AvgIpc) is 2.91. The number of aromatic nitrogens is 2. The molecule has 2 aromatic heterocycles. The summed E-state index contributed by atoms with van der Waals surface area (Å²) in [5.74, 6) is -0.236. The lowest BCUT2D eigenvalue weighted by Gasteiger charge is -2.05. The molecule has 2 rings (SSSR count). The van der Waals surface area contributed by atoms with Gasteiger partial charge in [0.25, 0.3) is 0 Å². The number of hydrogen-bond donors (Lipinski definition) is 1. The first-order valence-corrected chi connectivity index (χ1v) is 7.73. The van der Waals surface area contributed by atoms with Crippen LogP contribution in [0.25, 0.3) is 0 Å². The van der Waals surface area contributed by atoms with Crippen molar-refractivity contribution in [3.05, 3.63) is 42.3 Å². The highest BCUT2D eigenvalue weighted by Crippen LogP contribution is 2.22. The summed E-state index contributed by atoms with van der Waals surface area (Å²) in [5.41, 5.74) is 0.656. The van der Waals surface area contributed by atoms with E-state index >= 15 is 0 Å². The Kier molecular flexibility index (Phi) is 4.73. The highest BCUT2D eigenvalue weighted by atomic mass is 79.9. The summed E-state index contributed by atoms with van der Waals surface area (Å²) in [5, 5.41) is 19.6. The molecular weight excluding hydrogens is 360 g/mol.